The Morgan fingerprint density at radius 3 is 0.808 bits per heavy atom. The molecule has 10 heteroatoms. The van der Waals surface area contributed by atoms with E-state index in [1.165, 1.54) is 51.4 Å². The van der Waals surface area contributed by atoms with Gasteiger partial charge in [0.05, 0.1) is 74.5 Å². The molecule has 0 radical (unpaired) electrons. The third kappa shape index (κ3) is 15.3. The number of ether oxygens (including phenoxy) is 6. The fourth-order valence-corrected chi connectivity index (χ4v) is 8.04. The second kappa shape index (κ2) is 24.3. The van der Waals surface area contributed by atoms with E-state index in [4.69, 9.17) is 28.4 Å². The Labute approximate surface area is 313 Å². The molecule has 2 saturated heterocycles. The molecule has 0 aromatic heterocycles. The second-order valence-corrected chi connectivity index (χ2v) is 15.8. The molecule has 52 heavy (non-hydrogen) atoms. The van der Waals surface area contributed by atoms with E-state index in [9.17, 15) is 19.2 Å². The molecular weight excluding hydrogens is 664 g/mol. The molecule has 2 aliphatic carbocycles. The number of epoxide rings is 2. The van der Waals surface area contributed by atoms with Crippen molar-refractivity contribution in [1.29, 1.82) is 0 Å². The fourth-order valence-electron chi connectivity index (χ4n) is 8.04. The summed E-state index contributed by atoms with van der Waals surface area (Å²) in [7, 11) is 0. The molecule has 0 bridgehead atoms. The molecule has 4 fully saturated rings. The normalized spacial score (nSPS) is 27.2. The molecule has 8 atom stereocenters. The average Bonchev–Trinajstić information content (AvgIpc) is 4.08. The van der Waals surface area contributed by atoms with E-state index in [-0.39, 0.29) is 48.3 Å². The van der Waals surface area contributed by atoms with E-state index in [0.717, 1.165) is 77.0 Å². The first-order valence-electron chi connectivity index (χ1n) is 21.4. The van der Waals surface area contributed by atoms with Gasteiger partial charge in [-0.15, -0.1) is 0 Å². The number of unbranched alkanes of at least 4 members (excludes halogenated alkanes) is 17. The van der Waals surface area contributed by atoms with E-state index in [1.807, 2.05) is 0 Å². The van der Waals surface area contributed by atoms with Crippen molar-refractivity contribution in [2.24, 2.45) is 23.7 Å². The number of rotatable bonds is 29. The first kappa shape index (κ1) is 42.5. The van der Waals surface area contributed by atoms with Crippen LogP contribution in [0.2, 0.25) is 0 Å². The molecule has 298 valence electrons. The topological polar surface area (TPSA) is 130 Å². The van der Waals surface area contributed by atoms with Crippen molar-refractivity contribution in [3.05, 3.63) is 0 Å². The quantitative estimate of drug-likeness (QED) is 0.0319. The van der Waals surface area contributed by atoms with Crippen LogP contribution in [-0.2, 0) is 47.6 Å². The SMILES string of the molecule is CCCCCCCCOC(=O)C1CC2OC2CC1C(=O)OCCCCCCCCCCOC(=O)C1CC2OC2CC1C(=O)OCCCCCCCC. The first-order chi connectivity index (χ1) is 25.4. The van der Waals surface area contributed by atoms with Gasteiger partial charge in [0.2, 0.25) is 0 Å². The molecule has 2 aliphatic heterocycles. The summed E-state index contributed by atoms with van der Waals surface area (Å²) in [5, 5.41) is 0. The van der Waals surface area contributed by atoms with Gasteiger partial charge >= 0.3 is 23.9 Å². The standard InChI is InChI=1S/C42H70O10/c1-3-5-7-9-15-19-23-47-39(43)31-27-35-37(51-35)29-33(31)41(45)49-25-21-17-13-11-12-14-18-22-26-50-42(46)34-30-38-36(52-38)28-32(34)40(44)48-24-20-16-10-8-6-4-2/h31-38H,3-30H2,1-2H3. The van der Waals surface area contributed by atoms with Crippen LogP contribution in [0.1, 0.15) is 168 Å². The molecule has 10 nitrogen and oxygen atoms in total. The Kier molecular flexibility index (Phi) is 19.8. The highest BCUT2D eigenvalue weighted by Crippen LogP contribution is 2.45. The highest BCUT2D eigenvalue weighted by atomic mass is 16.6. The lowest BCUT2D eigenvalue weighted by Gasteiger charge is -2.26. The van der Waals surface area contributed by atoms with Crippen LogP contribution in [0.25, 0.3) is 0 Å². The smallest absolute Gasteiger partial charge is 0.309 e. The van der Waals surface area contributed by atoms with E-state index in [2.05, 4.69) is 13.8 Å². The van der Waals surface area contributed by atoms with Crippen molar-refractivity contribution in [1.82, 2.24) is 0 Å². The van der Waals surface area contributed by atoms with Crippen LogP contribution < -0.4 is 0 Å². The number of hydrogen-bond donors (Lipinski definition) is 0. The highest BCUT2D eigenvalue weighted by molar-refractivity contribution is 5.83. The fraction of sp³-hybridized carbons (Fsp3) is 0.905. The minimum Gasteiger partial charge on any atom is -0.465 e. The van der Waals surface area contributed by atoms with Gasteiger partial charge in [-0.3, -0.25) is 19.2 Å². The van der Waals surface area contributed by atoms with Crippen molar-refractivity contribution in [3.8, 4) is 0 Å². The molecule has 8 unspecified atom stereocenters. The zero-order valence-electron chi connectivity index (χ0n) is 32.5. The van der Waals surface area contributed by atoms with Crippen molar-refractivity contribution in [2.75, 3.05) is 26.4 Å². The van der Waals surface area contributed by atoms with Gasteiger partial charge in [-0.1, -0.05) is 117 Å². The molecule has 0 amide bonds. The molecule has 2 saturated carbocycles. The van der Waals surface area contributed by atoms with Gasteiger partial charge in [0.25, 0.3) is 0 Å². The van der Waals surface area contributed by atoms with Crippen molar-refractivity contribution in [2.45, 2.75) is 192 Å². The third-order valence-corrected chi connectivity index (χ3v) is 11.5. The van der Waals surface area contributed by atoms with Gasteiger partial charge < -0.3 is 28.4 Å². The summed E-state index contributed by atoms with van der Waals surface area (Å²) < 4.78 is 33.7. The van der Waals surface area contributed by atoms with Crippen LogP contribution in [0.4, 0.5) is 0 Å². The van der Waals surface area contributed by atoms with E-state index < -0.39 is 23.7 Å². The summed E-state index contributed by atoms with van der Waals surface area (Å²) in [6.45, 7) is 5.98. The molecule has 0 N–H and O–H groups in total. The van der Waals surface area contributed by atoms with Gasteiger partial charge in [-0.05, 0) is 51.4 Å². The summed E-state index contributed by atoms with van der Waals surface area (Å²) in [4.78, 5) is 51.6. The predicted octanol–water partition coefficient (Wildman–Crippen LogP) is 8.59. The van der Waals surface area contributed by atoms with Gasteiger partial charge in [-0.2, -0.15) is 0 Å². The lowest BCUT2D eigenvalue weighted by molar-refractivity contribution is -0.162. The highest BCUT2D eigenvalue weighted by Gasteiger charge is 2.54. The van der Waals surface area contributed by atoms with Crippen LogP contribution in [0.15, 0.2) is 0 Å². The molecule has 0 aromatic rings. The van der Waals surface area contributed by atoms with Crippen molar-refractivity contribution in [3.63, 3.8) is 0 Å². The molecular formula is C42H70O10. The predicted molar refractivity (Wildman–Crippen MR) is 197 cm³/mol. The molecule has 2 heterocycles. The maximum absolute atomic E-state index is 12.9. The average molecular weight is 735 g/mol. The van der Waals surface area contributed by atoms with Crippen molar-refractivity contribution >= 4 is 23.9 Å². The Morgan fingerprint density at radius 1 is 0.365 bits per heavy atom. The first-order valence-corrected chi connectivity index (χ1v) is 21.4. The van der Waals surface area contributed by atoms with Crippen molar-refractivity contribution < 1.29 is 47.6 Å². The van der Waals surface area contributed by atoms with Gasteiger partial charge in [-0.25, -0.2) is 0 Å². The second-order valence-electron chi connectivity index (χ2n) is 15.8. The number of hydrogen-bond acceptors (Lipinski definition) is 10. The van der Waals surface area contributed by atoms with Gasteiger partial charge in [0.15, 0.2) is 0 Å². The van der Waals surface area contributed by atoms with E-state index >= 15 is 0 Å². The molecule has 0 spiro atoms. The van der Waals surface area contributed by atoms with Crippen LogP contribution in [0.5, 0.6) is 0 Å². The number of fused-ring (bicyclic) bond motifs is 2. The maximum Gasteiger partial charge on any atom is 0.309 e. The third-order valence-electron chi connectivity index (χ3n) is 11.5. The van der Waals surface area contributed by atoms with Crippen LogP contribution in [-0.4, -0.2) is 74.7 Å². The number of carbonyl (C=O) groups excluding carboxylic acids is 4. The van der Waals surface area contributed by atoms with Gasteiger partial charge in [0.1, 0.15) is 0 Å². The van der Waals surface area contributed by atoms with Crippen LogP contribution in [0, 0.1) is 23.7 Å². The largest absolute Gasteiger partial charge is 0.465 e. The van der Waals surface area contributed by atoms with Crippen LogP contribution in [0.3, 0.4) is 0 Å². The lowest BCUT2D eigenvalue weighted by Crippen LogP contribution is -2.37. The minimum atomic E-state index is -0.472. The summed E-state index contributed by atoms with van der Waals surface area (Å²) in [5.41, 5.74) is 0. The molecule has 4 rings (SSSR count). The molecule has 4 aliphatic rings. The summed E-state index contributed by atoms with van der Waals surface area (Å²) in [6.07, 6.45) is 24.0. The lowest BCUT2D eigenvalue weighted by atomic mass is 9.79. The Bertz CT molecular complexity index is 981. The maximum atomic E-state index is 12.9. The van der Waals surface area contributed by atoms with E-state index in [1.54, 1.807) is 0 Å². The minimum absolute atomic E-state index is 0.0761. The summed E-state index contributed by atoms with van der Waals surface area (Å²) >= 11 is 0. The summed E-state index contributed by atoms with van der Waals surface area (Å²) in [5.74, 6) is -3.00. The zero-order chi connectivity index (χ0) is 37.0. The monoisotopic (exact) mass is 734 g/mol. The zero-order valence-corrected chi connectivity index (χ0v) is 32.5. The van der Waals surface area contributed by atoms with E-state index in [0.29, 0.717) is 52.1 Å². The number of esters is 4. The van der Waals surface area contributed by atoms with Gasteiger partial charge in [0, 0.05) is 0 Å². The number of carbonyl (C=O) groups is 4. The molecule has 0 aromatic carbocycles. The van der Waals surface area contributed by atoms with Crippen LogP contribution >= 0.6 is 0 Å². The summed E-state index contributed by atoms with van der Waals surface area (Å²) in [6, 6.07) is 0. The Hall–Kier alpha value is -2.20. The Morgan fingerprint density at radius 2 is 0.577 bits per heavy atom. The Balaban J connectivity index is 0.981.